The summed E-state index contributed by atoms with van der Waals surface area (Å²) in [6, 6.07) is 13.7. The van der Waals surface area contributed by atoms with Crippen molar-refractivity contribution in [3.05, 3.63) is 66.1 Å². The van der Waals surface area contributed by atoms with Crippen molar-refractivity contribution >= 4 is 22.6 Å². The molecule has 1 saturated heterocycles. The Labute approximate surface area is 202 Å². The molecule has 2 aliphatic rings. The largest absolute Gasteiger partial charge is 0.457 e. The Morgan fingerprint density at radius 1 is 1.20 bits per heavy atom. The molecular formula is C27H26N4O4. The highest BCUT2D eigenvalue weighted by Crippen LogP contribution is 2.44. The van der Waals surface area contributed by atoms with Crippen molar-refractivity contribution in [1.82, 2.24) is 14.5 Å². The maximum atomic E-state index is 11.6. The van der Waals surface area contributed by atoms with Crippen LogP contribution in [0.5, 0.6) is 11.5 Å². The topological polar surface area (TPSA) is 87.5 Å². The van der Waals surface area contributed by atoms with Crippen LogP contribution in [-0.4, -0.2) is 40.3 Å². The molecule has 3 aromatic heterocycles. The van der Waals surface area contributed by atoms with E-state index in [4.69, 9.17) is 19.2 Å². The lowest BCUT2D eigenvalue weighted by Crippen LogP contribution is -2.37. The van der Waals surface area contributed by atoms with E-state index in [1.165, 1.54) is 6.92 Å². The first-order chi connectivity index (χ1) is 17.0. The second kappa shape index (κ2) is 8.48. The highest BCUT2D eigenvalue weighted by atomic mass is 16.6. The Morgan fingerprint density at radius 2 is 2.06 bits per heavy atom. The molecule has 2 aliphatic heterocycles. The Kier molecular flexibility index (Phi) is 5.27. The number of amides is 1. The molecule has 0 aliphatic carbocycles. The zero-order valence-corrected chi connectivity index (χ0v) is 19.7. The van der Waals surface area contributed by atoms with Gasteiger partial charge in [-0.25, -0.2) is 9.97 Å². The average molecular weight is 471 g/mol. The SMILES string of the molecule is CC(=O)Nc1cc2c(-c3cc(Oc4ccccc4)c4c(n3)C3(CCOC3)OCC4)cn(C)c2cn1. The molecule has 178 valence electrons. The molecule has 1 N–H and O–H groups in total. The predicted molar refractivity (Wildman–Crippen MR) is 132 cm³/mol. The third-order valence-electron chi connectivity index (χ3n) is 6.66. The number of aryl methyl sites for hydroxylation is 1. The van der Waals surface area contributed by atoms with Gasteiger partial charge in [-0.1, -0.05) is 18.2 Å². The first-order valence-corrected chi connectivity index (χ1v) is 11.7. The number of para-hydroxylation sites is 1. The Bertz CT molecular complexity index is 1420. The number of ether oxygens (including phenoxy) is 3. The Morgan fingerprint density at radius 3 is 2.83 bits per heavy atom. The van der Waals surface area contributed by atoms with E-state index >= 15 is 0 Å². The van der Waals surface area contributed by atoms with Gasteiger partial charge >= 0.3 is 0 Å². The summed E-state index contributed by atoms with van der Waals surface area (Å²) in [5.41, 5.74) is 4.03. The van der Waals surface area contributed by atoms with Gasteiger partial charge in [-0.3, -0.25) is 4.79 Å². The highest BCUT2D eigenvalue weighted by molar-refractivity contribution is 5.98. The lowest BCUT2D eigenvalue weighted by Gasteiger charge is -2.34. The van der Waals surface area contributed by atoms with Crippen LogP contribution in [0.4, 0.5) is 5.82 Å². The molecule has 1 atom stereocenters. The molecule has 1 unspecified atom stereocenters. The quantitative estimate of drug-likeness (QED) is 0.470. The highest BCUT2D eigenvalue weighted by Gasteiger charge is 2.44. The Balaban J connectivity index is 1.55. The second-order valence-electron chi connectivity index (χ2n) is 9.06. The number of benzene rings is 1. The number of fused-ring (bicyclic) bond motifs is 3. The van der Waals surface area contributed by atoms with Gasteiger partial charge in [-0.2, -0.15) is 0 Å². The van der Waals surface area contributed by atoms with Gasteiger partial charge in [0.2, 0.25) is 5.91 Å². The van der Waals surface area contributed by atoms with E-state index in [-0.39, 0.29) is 5.91 Å². The van der Waals surface area contributed by atoms with Gasteiger partial charge in [-0.05, 0) is 18.2 Å². The number of anilines is 1. The molecule has 6 rings (SSSR count). The molecule has 8 heteroatoms. The molecule has 35 heavy (non-hydrogen) atoms. The lowest BCUT2D eigenvalue weighted by atomic mass is 9.89. The third kappa shape index (κ3) is 3.84. The Hall–Kier alpha value is -3.75. The van der Waals surface area contributed by atoms with E-state index in [0.29, 0.717) is 25.6 Å². The fraction of sp³-hybridized carbons (Fsp3) is 0.296. The van der Waals surface area contributed by atoms with Gasteiger partial charge in [0.05, 0.1) is 36.3 Å². The van der Waals surface area contributed by atoms with E-state index in [1.54, 1.807) is 6.20 Å². The minimum atomic E-state index is -0.564. The third-order valence-corrected chi connectivity index (χ3v) is 6.66. The van der Waals surface area contributed by atoms with E-state index in [1.807, 2.05) is 60.3 Å². The molecule has 0 radical (unpaired) electrons. The number of aromatic nitrogens is 3. The monoisotopic (exact) mass is 470 g/mol. The predicted octanol–water partition coefficient (Wildman–Crippen LogP) is 4.57. The van der Waals surface area contributed by atoms with Crippen LogP contribution in [-0.2, 0) is 33.3 Å². The van der Waals surface area contributed by atoms with Crippen molar-refractivity contribution in [2.45, 2.75) is 25.4 Å². The van der Waals surface area contributed by atoms with Crippen LogP contribution in [0.25, 0.3) is 22.2 Å². The summed E-state index contributed by atoms with van der Waals surface area (Å²) in [6.07, 6.45) is 5.28. The van der Waals surface area contributed by atoms with Gasteiger partial charge in [0, 0.05) is 62.2 Å². The maximum absolute atomic E-state index is 11.6. The van der Waals surface area contributed by atoms with Crippen LogP contribution in [0.3, 0.4) is 0 Å². The zero-order valence-electron chi connectivity index (χ0n) is 19.7. The van der Waals surface area contributed by atoms with Crippen LogP contribution in [0, 0.1) is 0 Å². The van der Waals surface area contributed by atoms with Gasteiger partial charge in [0.1, 0.15) is 22.9 Å². The summed E-state index contributed by atoms with van der Waals surface area (Å²) in [7, 11) is 1.97. The second-order valence-corrected chi connectivity index (χ2v) is 9.06. The van der Waals surface area contributed by atoms with Crippen molar-refractivity contribution in [3.63, 3.8) is 0 Å². The van der Waals surface area contributed by atoms with E-state index in [2.05, 4.69) is 10.3 Å². The maximum Gasteiger partial charge on any atom is 0.222 e. The molecule has 4 aromatic rings. The summed E-state index contributed by atoms with van der Waals surface area (Å²) in [6.45, 7) is 3.19. The van der Waals surface area contributed by atoms with Crippen molar-refractivity contribution < 1.29 is 19.0 Å². The molecular weight excluding hydrogens is 444 g/mol. The zero-order chi connectivity index (χ0) is 24.0. The van der Waals surface area contributed by atoms with Crippen LogP contribution in [0.2, 0.25) is 0 Å². The number of rotatable bonds is 4. The van der Waals surface area contributed by atoms with Gasteiger partial charge in [0.15, 0.2) is 0 Å². The molecule has 0 bridgehead atoms. The number of carbonyl (C=O) groups is 1. The van der Waals surface area contributed by atoms with E-state index in [9.17, 15) is 4.79 Å². The molecule has 1 amide bonds. The summed E-state index contributed by atoms with van der Waals surface area (Å²) in [4.78, 5) is 21.2. The van der Waals surface area contributed by atoms with Crippen LogP contribution in [0.1, 0.15) is 24.6 Å². The van der Waals surface area contributed by atoms with Gasteiger partial charge < -0.3 is 24.1 Å². The molecule has 1 spiro atoms. The first-order valence-electron chi connectivity index (χ1n) is 11.7. The first kappa shape index (κ1) is 21.8. The number of hydrogen-bond donors (Lipinski definition) is 1. The van der Waals surface area contributed by atoms with Gasteiger partial charge in [-0.15, -0.1) is 0 Å². The molecule has 0 saturated carbocycles. The number of hydrogen-bond acceptors (Lipinski definition) is 6. The standard InChI is InChI=1S/C27H26N4O4/c1-17(32)29-25-12-20-21(15-31(2)23(20)14-28-25)22-13-24(35-18-6-4-3-5-7-18)19-8-10-34-27(26(19)30-22)9-11-33-16-27/h3-7,12-15H,8-11,16H2,1-2H3,(H,28,29,32). The molecule has 8 nitrogen and oxygen atoms in total. The smallest absolute Gasteiger partial charge is 0.222 e. The summed E-state index contributed by atoms with van der Waals surface area (Å²) < 4.78 is 20.5. The van der Waals surface area contributed by atoms with Crippen LogP contribution < -0.4 is 10.1 Å². The number of pyridine rings is 2. The van der Waals surface area contributed by atoms with Crippen LogP contribution >= 0.6 is 0 Å². The average Bonchev–Trinajstić information content (AvgIpc) is 3.45. The number of nitrogens with one attached hydrogen (secondary N) is 1. The lowest BCUT2D eigenvalue weighted by molar-refractivity contribution is -0.114. The van der Waals surface area contributed by atoms with Crippen LogP contribution in [0.15, 0.2) is 54.9 Å². The summed E-state index contributed by atoms with van der Waals surface area (Å²) in [5, 5.41) is 3.72. The molecule has 1 fully saturated rings. The minimum absolute atomic E-state index is 0.167. The fourth-order valence-corrected chi connectivity index (χ4v) is 5.01. The number of nitrogens with zero attached hydrogens (tertiary/aromatic N) is 3. The van der Waals surface area contributed by atoms with Crippen molar-refractivity contribution in [2.24, 2.45) is 7.05 Å². The molecule has 1 aromatic carbocycles. The minimum Gasteiger partial charge on any atom is -0.457 e. The van der Waals surface area contributed by atoms with Gasteiger partial charge in [0.25, 0.3) is 0 Å². The van der Waals surface area contributed by atoms with E-state index < -0.39 is 5.60 Å². The molecule has 5 heterocycles. The number of carbonyl (C=O) groups excluding carboxylic acids is 1. The van der Waals surface area contributed by atoms with Crippen molar-refractivity contribution in [1.29, 1.82) is 0 Å². The van der Waals surface area contributed by atoms with E-state index in [0.717, 1.165) is 57.8 Å². The normalized spacial score (nSPS) is 19.1. The van der Waals surface area contributed by atoms with Crippen molar-refractivity contribution in [3.8, 4) is 22.8 Å². The summed E-state index contributed by atoms with van der Waals surface area (Å²) in [5.74, 6) is 1.88. The fourth-order valence-electron chi connectivity index (χ4n) is 5.01. The summed E-state index contributed by atoms with van der Waals surface area (Å²) >= 11 is 0. The van der Waals surface area contributed by atoms with Crippen molar-refractivity contribution in [2.75, 3.05) is 25.1 Å².